The predicted molar refractivity (Wildman–Crippen MR) is 104 cm³/mol. The minimum absolute atomic E-state index is 0.768. The molecule has 0 spiro atoms. The molecule has 0 amide bonds. The third kappa shape index (κ3) is 2.80. The molecule has 0 radical (unpaired) electrons. The van der Waals surface area contributed by atoms with Crippen molar-refractivity contribution >= 4 is 28.6 Å². The highest BCUT2D eigenvalue weighted by molar-refractivity contribution is 7.94. The van der Waals surface area contributed by atoms with Gasteiger partial charge in [0.25, 0.3) is 0 Å². The summed E-state index contributed by atoms with van der Waals surface area (Å²) in [6, 6.07) is 33.3. The predicted octanol–water partition coefficient (Wildman–Crippen LogP) is 4.19. The molecule has 1 fully saturated rings. The number of benzene rings is 3. The maximum absolute atomic E-state index is 2.69. The maximum Gasteiger partial charge on any atom is -0.0163 e. The Bertz CT molecular complexity index is 712. The quantitative estimate of drug-likeness (QED) is 0.633. The topological polar surface area (TPSA) is 0 Å². The van der Waals surface area contributed by atoms with Crippen molar-refractivity contribution in [3.63, 3.8) is 0 Å². The first-order chi connectivity index (χ1) is 11.4. The molecule has 114 valence electrons. The van der Waals surface area contributed by atoms with Crippen molar-refractivity contribution in [1.29, 1.82) is 0 Å². The smallest absolute Gasteiger partial charge is 0.0163 e. The van der Waals surface area contributed by atoms with E-state index in [0.717, 1.165) is 5.92 Å². The second kappa shape index (κ2) is 6.22. The van der Waals surface area contributed by atoms with Crippen molar-refractivity contribution in [3.05, 3.63) is 91.0 Å². The van der Waals surface area contributed by atoms with E-state index < -0.39 is 6.89 Å². The molecular formula is C22H21P. The number of hydrogen-bond donors (Lipinski definition) is 0. The molecule has 0 aliphatic heterocycles. The summed E-state index contributed by atoms with van der Waals surface area (Å²) in [5.74, 6) is 3.46. The Morgan fingerprint density at radius 1 is 0.565 bits per heavy atom. The Balaban J connectivity index is 2.07. The van der Waals surface area contributed by atoms with Crippen LogP contribution in [0.1, 0.15) is 12.8 Å². The lowest BCUT2D eigenvalue weighted by molar-refractivity contribution is 1.26. The molecular weight excluding hydrogens is 295 g/mol. The Hall–Kier alpha value is -2.04. The van der Waals surface area contributed by atoms with Crippen LogP contribution in [0.2, 0.25) is 0 Å². The van der Waals surface area contributed by atoms with Gasteiger partial charge in [-0.1, -0.05) is 96.8 Å². The van der Waals surface area contributed by atoms with Crippen LogP contribution in [0.3, 0.4) is 0 Å². The normalized spacial score (nSPS) is 14.4. The molecule has 0 aromatic heterocycles. The lowest BCUT2D eigenvalue weighted by atomic mass is 10.4. The molecule has 4 rings (SSSR count). The zero-order chi connectivity index (χ0) is 15.5. The van der Waals surface area contributed by atoms with Crippen LogP contribution in [-0.4, -0.2) is 5.80 Å². The van der Waals surface area contributed by atoms with Crippen LogP contribution in [0.25, 0.3) is 0 Å². The summed E-state index contributed by atoms with van der Waals surface area (Å²) in [6.45, 7) is -1.67. The van der Waals surface area contributed by atoms with E-state index in [1.165, 1.54) is 28.8 Å². The van der Waals surface area contributed by atoms with Gasteiger partial charge in [-0.2, -0.15) is 0 Å². The van der Waals surface area contributed by atoms with Crippen molar-refractivity contribution < 1.29 is 0 Å². The first-order valence-corrected chi connectivity index (χ1v) is 10.2. The Kier molecular flexibility index (Phi) is 3.93. The fourth-order valence-electron chi connectivity index (χ4n) is 3.26. The molecule has 0 saturated heterocycles. The van der Waals surface area contributed by atoms with Crippen LogP contribution in [-0.2, 0) is 0 Å². The van der Waals surface area contributed by atoms with Crippen molar-refractivity contribution in [2.75, 3.05) is 0 Å². The second-order valence-corrected chi connectivity index (χ2v) is 9.51. The van der Waals surface area contributed by atoms with Crippen molar-refractivity contribution in [2.45, 2.75) is 12.8 Å². The monoisotopic (exact) mass is 316 g/mol. The first-order valence-electron chi connectivity index (χ1n) is 8.31. The van der Waals surface area contributed by atoms with E-state index >= 15 is 0 Å². The summed E-state index contributed by atoms with van der Waals surface area (Å²) in [5.41, 5.74) is 0. The highest BCUT2D eigenvalue weighted by Crippen LogP contribution is 2.47. The van der Waals surface area contributed by atoms with Gasteiger partial charge < -0.3 is 0 Å². The van der Waals surface area contributed by atoms with Gasteiger partial charge in [0.05, 0.1) is 0 Å². The molecule has 1 aliphatic rings. The van der Waals surface area contributed by atoms with E-state index in [9.17, 15) is 0 Å². The summed E-state index contributed by atoms with van der Waals surface area (Å²) in [4.78, 5) is 0. The standard InChI is InChI=1S/C22H21P/c1-4-10-20(11-5-1)23(18-19-16-17-19,21-12-6-2-7-13-21)22-14-8-3-9-15-22/h1-15,18-19H,16-17H2. The summed E-state index contributed by atoms with van der Waals surface area (Å²) in [7, 11) is 0. The minimum atomic E-state index is -1.67. The summed E-state index contributed by atoms with van der Waals surface area (Å²) >= 11 is 0. The highest BCUT2D eigenvalue weighted by Gasteiger charge is 2.29. The van der Waals surface area contributed by atoms with E-state index in [-0.39, 0.29) is 0 Å². The minimum Gasteiger partial charge on any atom is -0.0711 e. The molecule has 0 unspecified atom stereocenters. The molecule has 1 heteroatoms. The molecule has 1 saturated carbocycles. The van der Waals surface area contributed by atoms with Gasteiger partial charge >= 0.3 is 0 Å². The Morgan fingerprint density at radius 2 is 0.913 bits per heavy atom. The lowest BCUT2D eigenvalue weighted by Gasteiger charge is -2.29. The van der Waals surface area contributed by atoms with Gasteiger partial charge in [-0.3, -0.25) is 0 Å². The maximum atomic E-state index is 2.69. The van der Waals surface area contributed by atoms with Gasteiger partial charge in [0.2, 0.25) is 0 Å². The molecule has 3 aromatic carbocycles. The second-order valence-electron chi connectivity index (χ2n) is 6.22. The third-order valence-corrected chi connectivity index (χ3v) is 8.75. The first kappa shape index (κ1) is 14.5. The van der Waals surface area contributed by atoms with Gasteiger partial charge in [0, 0.05) is 0 Å². The molecule has 1 aliphatic carbocycles. The fraction of sp³-hybridized carbons (Fsp3) is 0.136. The lowest BCUT2D eigenvalue weighted by Crippen LogP contribution is -2.27. The number of rotatable bonds is 4. The molecule has 3 aromatic rings. The van der Waals surface area contributed by atoms with Crippen LogP contribution in [0.4, 0.5) is 0 Å². The van der Waals surface area contributed by atoms with Crippen LogP contribution in [0.5, 0.6) is 0 Å². The molecule has 0 heterocycles. The van der Waals surface area contributed by atoms with Crippen molar-refractivity contribution in [2.24, 2.45) is 5.92 Å². The van der Waals surface area contributed by atoms with Crippen molar-refractivity contribution in [3.8, 4) is 0 Å². The molecule has 0 bridgehead atoms. The van der Waals surface area contributed by atoms with Gasteiger partial charge in [-0.15, -0.1) is 0 Å². The van der Waals surface area contributed by atoms with E-state index in [1.54, 1.807) is 0 Å². The SMILES string of the molecule is C(C1CC1)=P(c1ccccc1)(c1ccccc1)c1ccccc1. The number of hydrogen-bond acceptors (Lipinski definition) is 0. The Labute approximate surface area is 138 Å². The molecule has 0 N–H and O–H groups in total. The molecule has 0 nitrogen and oxygen atoms in total. The Morgan fingerprint density at radius 3 is 1.22 bits per heavy atom. The molecule has 23 heavy (non-hydrogen) atoms. The van der Waals surface area contributed by atoms with Gasteiger partial charge in [-0.25, -0.2) is 0 Å². The molecule has 0 atom stereocenters. The van der Waals surface area contributed by atoms with Gasteiger partial charge in [0.1, 0.15) is 0 Å². The van der Waals surface area contributed by atoms with Crippen LogP contribution in [0.15, 0.2) is 91.0 Å². The van der Waals surface area contributed by atoms with E-state index in [4.69, 9.17) is 0 Å². The van der Waals surface area contributed by atoms with E-state index in [1.807, 2.05) is 0 Å². The largest absolute Gasteiger partial charge is 0.0711 e. The van der Waals surface area contributed by atoms with E-state index in [0.29, 0.717) is 0 Å². The summed E-state index contributed by atoms with van der Waals surface area (Å²) in [5, 5.41) is 4.39. The third-order valence-electron chi connectivity index (χ3n) is 4.55. The summed E-state index contributed by atoms with van der Waals surface area (Å²) < 4.78 is 0. The van der Waals surface area contributed by atoms with Crippen LogP contribution >= 0.6 is 6.89 Å². The van der Waals surface area contributed by atoms with E-state index in [2.05, 4.69) is 96.8 Å². The van der Waals surface area contributed by atoms with Crippen LogP contribution in [0, 0.1) is 5.92 Å². The van der Waals surface area contributed by atoms with Crippen molar-refractivity contribution in [1.82, 2.24) is 0 Å². The van der Waals surface area contributed by atoms with Gasteiger partial charge in [0.15, 0.2) is 0 Å². The van der Waals surface area contributed by atoms with Crippen LogP contribution < -0.4 is 15.9 Å². The summed E-state index contributed by atoms with van der Waals surface area (Å²) in [6.07, 6.45) is 2.68. The zero-order valence-corrected chi connectivity index (χ0v) is 14.1. The average Bonchev–Trinajstić information content (AvgIpc) is 3.46. The zero-order valence-electron chi connectivity index (χ0n) is 13.2. The average molecular weight is 316 g/mol. The highest BCUT2D eigenvalue weighted by atomic mass is 31.2. The fourth-order valence-corrected chi connectivity index (χ4v) is 7.52. The van der Waals surface area contributed by atoms with Gasteiger partial charge in [-0.05, 0) is 41.6 Å².